The highest BCUT2D eigenvalue weighted by Crippen LogP contribution is 2.32. The van der Waals surface area contributed by atoms with E-state index < -0.39 is 9.84 Å². The third-order valence-corrected chi connectivity index (χ3v) is 6.13. The van der Waals surface area contributed by atoms with Crippen molar-refractivity contribution >= 4 is 26.9 Å². The summed E-state index contributed by atoms with van der Waals surface area (Å²) in [7, 11) is -3.80. The predicted molar refractivity (Wildman–Crippen MR) is 86.3 cm³/mol. The molecule has 1 N–H and O–H groups in total. The van der Waals surface area contributed by atoms with Crippen LogP contribution in [0, 0.1) is 11.3 Å². The Morgan fingerprint density at radius 1 is 1.26 bits per heavy atom. The van der Waals surface area contributed by atoms with E-state index in [1.54, 1.807) is 35.7 Å². The van der Waals surface area contributed by atoms with Gasteiger partial charge in [0, 0.05) is 18.0 Å². The zero-order chi connectivity index (χ0) is 16.3. The minimum Gasteiger partial charge on any atom is -0.486 e. The van der Waals surface area contributed by atoms with E-state index in [-0.39, 0.29) is 9.11 Å². The van der Waals surface area contributed by atoms with Gasteiger partial charge in [0.05, 0.1) is 0 Å². The molecule has 0 spiro atoms. The van der Waals surface area contributed by atoms with Gasteiger partial charge in [-0.25, -0.2) is 8.42 Å². The van der Waals surface area contributed by atoms with Crippen molar-refractivity contribution in [1.82, 2.24) is 0 Å². The molecule has 2 aromatic rings. The van der Waals surface area contributed by atoms with Gasteiger partial charge in [-0.1, -0.05) is 6.07 Å². The van der Waals surface area contributed by atoms with Crippen LogP contribution in [-0.4, -0.2) is 21.6 Å². The molecule has 118 valence electrons. The van der Waals surface area contributed by atoms with Crippen LogP contribution in [0.25, 0.3) is 0 Å². The Morgan fingerprint density at radius 2 is 2.04 bits per heavy atom. The lowest BCUT2D eigenvalue weighted by Crippen LogP contribution is -2.15. The maximum Gasteiger partial charge on any atom is 0.227 e. The van der Waals surface area contributed by atoms with E-state index in [1.807, 2.05) is 0 Å². The number of nitriles is 1. The number of hydrogen-bond donors (Lipinski definition) is 1. The average molecular weight is 348 g/mol. The highest BCUT2D eigenvalue weighted by Gasteiger charge is 2.21. The quantitative estimate of drug-likeness (QED) is 0.855. The highest BCUT2D eigenvalue weighted by atomic mass is 32.2. The van der Waals surface area contributed by atoms with Crippen LogP contribution < -0.4 is 14.8 Å². The van der Waals surface area contributed by atoms with Crippen molar-refractivity contribution in [1.29, 1.82) is 5.26 Å². The van der Waals surface area contributed by atoms with Crippen LogP contribution in [0.4, 0.5) is 5.69 Å². The second-order valence-electron chi connectivity index (χ2n) is 4.56. The topological polar surface area (TPSA) is 88.4 Å². The average Bonchev–Trinajstić information content (AvgIpc) is 3.10. The fourth-order valence-electron chi connectivity index (χ4n) is 1.98. The van der Waals surface area contributed by atoms with Crippen molar-refractivity contribution in [3.8, 4) is 17.6 Å². The fraction of sp³-hybridized carbons (Fsp3) is 0.133. The lowest BCUT2D eigenvalue weighted by molar-refractivity contribution is 0.171. The number of sulfone groups is 1. The Labute approximate surface area is 137 Å². The number of thiophene rings is 1. The summed E-state index contributed by atoms with van der Waals surface area (Å²) in [6.45, 7) is 0.958. The van der Waals surface area contributed by atoms with Gasteiger partial charge in [0.25, 0.3) is 0 Å². The second-order valence-corrected chi connectivity index (χ2v) is 7.65. The number of nitrogens with zero attached hydrogens (tertiary/aromatic N) is 1. The molecule has 1 aliphatic rings. The number of ether oxygens (including phenoxy) is 2. The van der Waals surface area contributed by atoms with Crippen molar-refractivity contribution < 1.29 is 17.9 Å². The predicted octanol–water partition coefficient (Wildman–Crippen LogP) is 2.77. The van der Waals surface area contributed by atoms with Crippen LogP contribution in [0.3, 0.4) is 0 Å². The Bertz CT molecular complexity index is 881. The summed E-state index contributed by atoms with van der Waals surface area (Å²) in [5.74, 6) is 1.21. The zero-order valence-corrected chi connectivity index (χ0v) is 13.5. The molecule has 0 bridgehead atoms. The SMILES string of the molecule is N#C/C(=C/Nc1ccc2c(c1)OCCO2)S(=O)(=O)c1cccs1. The van der Waals surface area contributed by atoms with Crippen LogP contribution in [0.15, 0.2) is 51.0 Å². The summed E-state index contributed by atoms with van der Waals surface area (Å²) in [4.78, 5) is -0.352. The normalized spacial score (nSPS) is 14.1. The number of rotatable bonds is 4. The van der Waals surface area contributed by atoms with Gasteiger partial charge in [-0.15, -0.1) is 11.3 Å². The molecular formula is C15H12N2O4S2. The van der Waals surface area contributed by atoms with Crippen molar-refractivity contribution in [2.45, 2.75) is 4.21 Å². The molecule has 3 rings (SSSR count). The number of anilines is 1. The molecule has 0 aliphatic carbocycles. The molecule has 8 heteroatoms. The van der Waals surface area contributed by atoms with Gasteiger partial charge >= 0.3 is 0 Å². The Kier molecular flexibility index (Phi) is 4.23. The Balaban J connectivity index is 1.85. The molecular weight excluding hydrogens is 336 g/mol. The lowest BCUT2D eigenvalue weighted by atomic mass is 10.2. The minimum atomic E-state index is -3.80. The summed E-state index contributed by atoms with van der Waals surface area (Å²) < 4.78 is 35.6. The van der Waals surface area contributed by atoms with Gasteiger partial charge in [0.2, 0.25) is 9.84 Å². The lowest BCUT2D eigenvalue weighted by Gasteiger charge is -2.18. The largest absolute Gasteiger partial charge is 0.486 e. The van der Waals surface area contributed by atoms with Crippen LogP contribution in [0.2, 0.25) is 0 Å². The van der Waals surface area contributed by atoms with Gasteiger partial charge < -0.3 is 14.8 Å². The molecule has 0 fully saturated rings. The van der Waals surface area contributed by atoms with Gasteiger partial charge in [0.1, 0.15) is 23.5 Å². The van der Waals surface area contributed by atoms with Crippen LogP contribution in [0.1, 0.15) is 0 Å². The highest BCUT2D eigenvalue weighted by molar-refractivity contribution is 7.97. The second kappa shape index (κ2) is 6.32. The summed E-state index contributed by atoms with van der Waals surface area (Å²) >= 11 is 1.07. The summed E-state index contributed by atoms with van der Waals surface area (Å²) in [5.41, 5.74) is 0.600. The van der Waals surface area contributed by atoms with Crippen LogP contribution in [-0.2, 0) is 9.84 Å². The molecule has 0 unspecified atom stereocenters. The molecule has 0 saturated heterocycles. The number of fused-ring (bicyclic) bond motifs is 1. The molecule has 0 amide bonds. The first-order valence-corrected chi connectivity index (χ1v) is 9.02. The van der Waals surface area contributed by atoms with E-state index in [2.05, 4.69) is 5.32 Å². The van der Waals surface area contributed by atoms with E-state index in [0.717, 1.165) is 11.3 Å². The van der Waals surface area contributed by atoms with E-state index in [9.17, 15) is 8.42 Å². The van der Waals surface area contributed by atoms with Gasteiger partial charge in [-0.3, -0.25) is 0 Å². The summed E-state index contributed by atoms with van der Waals surface area (Å²) in [6, 6.07) is 9.96. The number of hydrogen-bond acceptors (Lipinski definition) is 7. The fourth-order valence-corrected chi connectivity index (χ4v) is 4.18. The molecule has 0 saturated carbocycles. The minimum absolute atomic E-state index is 0.134. The third-order valence-electron chi connectivity index (χ3n) is 3.07. The summed E-state index contributed by atoms with van der Waals surface area (Å²) in [6.07, 6.45) is 1.18. The molecule has 1 aliphatic heterocycles. The van der Waals surface area contributed by atoms with Gasteiger partial charge in [0.15, 0.2) is 16.4 Å². The van der Waals surface area contributed by atoms with Crippen molar-refractivity contribution in [3.05, 3.63) is 46.8 Å². The number of allylic oxidation sites excluding steroid dienone is 1. The maximum absolute atomic E-state index is 12.3. The molecule has 0 radical (unpaired) electrons. The molecule has 2 heterocycles. The van der Waals surface area contributed by atoms with E-state index in [0.29, 0.717) is 30.4 Å². The van der Waals surface area contributed by atoms with Gasteiger partial charge in [-0.05, 0) is 23.6 Å². The molecule has 23 heavy (non-hydrogen) atoms. The standard InChI is InChI=1S/C15H12N2O4S2/c16-9-12(23(18,19)15-2-1-7-22-15)10-17-11-3-4-13-14(8-11)21-6-5-20-13/h1-4,7-8,10,17H,5-6H2/b12-10-. The number of benzene rings is 1. The zero-order valence-electron chi connectivity index (χ0n) is 11.9. The van der Waals surface area contributed by atoms with Crippen LogP contribution >= 0.6 is 11.3 Å². The first-order valence-electron chi connectivity index (χ1n) is 6.66. The third kappa shape index (κ3) is 3.16. The molecule has 1 aromatic heterocycles. The first-order chi connectivity index (χ1) is 11.1. The van der Waals surface area contributed by atoms with Gasteiger partial charge in [-0.2, -0.15) is 5.26 Å². The van der Waals surface area contributed by atoms with E-state index in [4.69, 9.17) is 14.7 Å². The van der Waals surface area contributed by atoms with Crippen molar-refractivity contribution in [2.75, 3.05) is 18.5 Å². The molecule has 1 aromatic carbocycles. The maximum atomic E-state index is 12.3. The smallest absolute Gasteiger partial charge is 0.227 e. The Morgan fingerprint density at radius 3 is 2.74 bits per heavy atom. The number of nitrogens with one attached hydrogen (secondary N) is 1. The van der Waals surface area contributed by atoms with E-state index >= 15 is 0 Å². The summed E-state index contributed by atoms with van der Waals surface area (Å²) in [5, 5.41) is 13.6. The van der Waals surface area contributed by atoms with Crippen molar-refractivity contribution in [2.24, 2.45) is 0 Å². The molecule has 6 nitrogen and oxygen atoms in total. The Hall–Kier alpha value is -2.50. The first kappa shape index (κ1) is 15.4. The van der Waals surface area contributed by atoms with Crippen molar-refractivity contribution in [3.63, 3.8) is 0 Å². The van der Waals surface area contributed by atoms with Crippen LogP contribution in [0.5, 0.6) is 11.5 Å². The monoisotopic (exact) mass is 348 g/mol. The molecule has 0 atom stereocenters. The van der Waals surface area contributed by atoms with E-state index in [1.165, 1.54) is 12.3 Å².